The van der Waals surface area contributed by atoms with Gasteiger partial charge in [0.25, 0.3) is 5.69 Å². The Morgan fingerprint density at radius 3 is 2.62 bits per heavy atom. The number of para-hydroxylation sites is 1. The van der Waals surface area contributed by atoms with Gasteiger partial charge in [0.2, 0.25) is 0 Å². The minimum atomic E-state index is -0.371. The van der Waals surface area contributed by atoms with Gasteiger partial charge in [-0.2, -0.15) is 0 Å². The number of nitrogens with one attached hydrogen (secondary N) is 1. The Bertz CT molecular complexity index is 538. The van der Waals surface area contributed by atoms with E-state index in [1.54, 1.807) is 12.1 Å². The van der Waals surface area contributed by atoms with E-state index in [1.165, 1.54) is 25.3 Å². The fourth-order valence-corrected chi connectivity index (χ4v) is 3.97. The van der Waals surface area contributed by atoms with Gasteiger partial charge >= 0.3 is 0 Å². The number of benzene rings is 1. The summed E-state index contributed by atoms with van der Waals surface area (Å²) >= 11 is 6.16. The summed E-state index contributed by atoms with van der Waals surface area (Å²) in [6.45, 7) is 0. The van der Waals surface area contributed by atoms with E-state index in [1.807, 2.05) is 0 Å². The molecule has 1 aromatic carbocycles. The topological polar surface area (TPSA) is 58.4 Å². The minimum absolute atomic E-state index is 0.0617. The fraction of sp³-hybridized carbons (Fsp3) is 0.600. The second kappa shape index (κ2) is 5.81. The van der Waals surface area contributed by atoms with Crippen LogP contribution in [0.15, 0.2) is 18.2 Å². The first-order chi connectivity index (χ1) is 10.1. The Kier molecular flexibility index (Phi) is 4.04. The Labute approximate surface area is 129 Å². The fourth-order valence-electron chi connectivity index (χ4n) is 3.75. The maximum atomic E-state index is 11.2. The van der Waals surface area contributed by atoms with Gasteiger partial charge in [0, 0.05) is 24.2 Å². The van der Waals surface area contributed by atoms with Crippen LogP contribution in [0.25, 0.3) is 0 Å². The van der Waals surface area contributed by atoms with E-state index in [2.05, 4.69) is 17.3 Å². The van der Waals surface area contributed by atoms with E-state index in [9.17, 15) is 10.1 Å². The second-order valence-electron chi connectivity index (χ2n) is 6.11. The Morgan fingerprint density at radius 1 is 1.33 bits per heavy atom. The van der Waals surface area contributed by atoms with Crippen LogP contribution in [0.2, 0.25) is 5.02 Å². The van der Waals surface area contributed by atoms with Crippen LogP contribution >= 0.6 is 11.6 Å². The molecule has 2 aliphatic rings. The van der Waals surface area contributed by atoms with E-state index in [-0.39, 0.29) is 16.7 Å². The predicted octanol–water partition coefficient (Wildman–Crippen LogP) is 3.68. The Morgan fingerprint density at radius 2 is 2.00 bits per heavy atom. The predicted molar refractivity (Wildman–Crippen MR) is 83.9 cm³/mol. The highest BCUT2D eigenvalue weighted by Gasteiger charge is 2.36. The highest BCUT2D eigenvalue weighted by molar-refractivity contribution is 6.33. The standard InChI is InChI=1S/C15H20ClN3O2/c1-18-11-4-2-5-12(18)9-10(8-11)17-15-13(16)6-3-7-14(15)19(20)21/h3,6-7,10-12,17H,2,4-5,8-9H2,1H3. The first kappa shape index (κ1) is 14.6. The molecule has 3 rings (SSSR count). The van der Waals surface area contributed by atoms with Gasteiger partial charge in [-0.3, -0.25) is 10.1 Å². The van der Waals surface area contributed by atoms with Crippen molar-refractivity contribution in [1.82, 2.24) is 4.90 Å². The summed E-state index contributed by atoms with van der Waals surface area (Å²) in [5.74, 6) is 0. The summed E-state index contributed by atoms with van der Waals surface area (Å²) in [4.78, 5) is 13.3. The number of piperidine rings is 2. The number of fused-ring (bicyclic) bond motifs is 2. The van der Waals surface area contributed by atoms with Crippen LogP contribution in [0.1, 0.15) is 32.1 Å². The van der Waals surface area contributed by atoms with Crippen LogP contribution in [0.4, 0.5) is 11.4 Å². The molecule has 2 atom stereocenters. The van der Waals surface area contributed by atoms with Gasteiger partial charge in [-0.15, -0.1) is 0 Å². The molecule has 2 aliphatic heterocycles. The molecule has 2 fully saturated rings. The van der Waals surface area contributed by atoms with Crippen molar-refractivity contribution >= 4 is 23.0 Å². The molecule has 0 aliphatic carbocycles. The average Bonchev–Trinajstić information content (AvgIpc) is 2.41. The van der Waals surface area contributed by atoms with Crippen molar-refractivity contribution in [2.24, 2.45) is 0 Å². The number of nitro groups is 1. The number of nitro benzene ring substituents is 1. The highest BCUT2D eigenvalue weighted by Crippen LogP contribution is 2.37. The molecule has 0 saturated carbocycles. The second-order valence-corrected chi connectivity index (χ2v) is 6.51. The summed E-state index contributed by atoms with van der Waals surface area (Å²) in [5.41, 5.74) is 0.531. The van der Waals surface area contributed by atoms with E-state index >= 15 is 0 Å². The van der Waals surface area contributed by atoms with Crippen LogP contribution in [-0.2, 0) is 0 Å². The summed E-state index contributed by atoms with van der Waals surface area (Å²) in [5, 5.41) is 14.9. The van der Waals surface area contributed by atoms with Gasteiger partial charge in [-0.05, 0) is 38.8 Å². The molecule has 1 N–H and O–H groups in total. The van der Waals surface area contributed by atoms with Crippen molar-refractivity contribution in [3.8, 4) is 0 Å². The molecule has 6 heteroatoms. The number of halogens is 1. The van der Waals surface area contributed by atoms with Crippen LogP contribution in [0.5, 0.6) is 0 Å². The van der Waals surface area contributed by atoms with E-state index < -0.39 is 0 Å². The molecule has 5 nitrogen and oxygen atoms in total. The SMILES string of the molecule is CN1C2CCCC1CC(Nc1c(Cl)cccc1[N+](=O)[O-])C2. The normalized spacial score (nSPS) is 29.1. The van der Waals surface area contributed by atoms with Gasteiger partial charge < -0.3 is 10.2 Å². The molecule has 2 bridgehead atoms. The van der Waals surface area contributed by atoms with Gasteiger partial charge in [-0.1, -0.05) is 24.1 Å². The van der Waals surface area contributed by atoms with Gasteiger partial charge in [0.1, 0.15) is 5.69 Å². The molecular formula is C15H20ClN3O2. The molecule has 2 heterocycles. The van der Waals surface area contributed by atoms with Crippen LogP contribution in [-0.4, -0.2) is 35.0 Å². The van der Waals surface area contributed by atoms with Crippen molar-refractivity contribution in [2.75, 3.05) is 12.4 Å². The number of hydrogen-bond donors (Lipinski definition) is 1. The first-order valence-corrected chi connectivity index (χ1v) is 7.85. The quantitative estimate of drug-likeness (QED) is 0.683. The molecule has 2 saturated heterocycles. The minimum Gasteiger partial charge on any atom is -0.375 e. The lowest BCUT2D eigenvalue weighted by Crippen LogP contribution is -2.52. The average molecular weight is 310 g/mol. The smallest absolute Gasteiger partial charge is 0.293 e. The van der Waals surface area contributed by atoms with Crippen LogP contribution < -0.4 is 5.32 Å². The molecule has 0 amide bonds. The third-order valence-corrected chi connectivity index (χ3v) is 5.19. The number of anilines is 1. The molecule has 0 spiro atoms. The molecule has 0 aromatic heterocycles. The molecule has 0 radical (unpaired) electrons. The van der Waals surface area contributed by atoms with Gasteiger partial charge in [0.05, 0.1) is 9.95 Å². The maximum absolute atomic E-state index is 11.2. The van der Waals surface area contributed by atoms with Crippen molar-refractivity contribution in [2.45, 2.75) is 50.2 Å². The lowest BCUT2D eigenvalue weighted by atomic mass is 9.82. The number of rotatable bonds is 3. The summed E-state index contributed by atoms with van der Waals surface area (Å²) < 4.78 is 0. The van der Waals surface area contributed by atoms with Crippen LogP contribution in [0, 0.1) is 10.1 Å². The monoisotopic (exact) mass is 309 g/mol. The number of hydrogen-bond acceptors (Lipinski definition) is 4. The third-order valence-electron chi connectivity index (χ3n) is 4.88. The molecule has 1 aromatic rings. The third kappa shape index (κ3) is 2.85. The Hall–Kier alpha value is -1.33. The summed E-state index contributed by atoms with van der Waals surface area (Å²) in [6, 6.07) is 6.24. The maximum Gasteiger partial charge on any atom is 0.293 e. The molecule has 21 heavy (non-hydrogen) atoms. The summed E-state index contributed by atoms with van der Waals surface area (Å²) in [6.07, 6.45) is 5.77. The molecule has 114 valence electrons. The van der Waals surface area contributed by atoms with E-state index in [4.69, 9.17) is 11.6 Å². The lowest BCUT2D eigenvalue weighted by molar-refractivity contribution is -0.384. The van der Waals surface area contributed by atoms with Gasteiger partial charge in [0.15, 0.2) is 0 Å². The first-order valence-electron chi connectivity index (χ1n) is 7.47. The Balaban J connectivity index is 1.80. The van der Waals surface area contributed by atoms with Crippen molar-refractivity contribution in [3.05, 3.63) is 33.3 Å². The van der Waals surface area contributed by atoms with Crippen molar-refractivity contribution in [3.63, 3.8) is 0 Å². The molecular weight excluding hydrogens is 290 g/mol. The zero-order chi connectivity index (χ0) is 15.0. The van der Waals surface area contributed by atoms with E-state index in [0.29, 0.717) is 22.8 Å². The van der Waals surface area contributed by atoms with Crippen molar-refractivity contribution < 1.29 is 4.92 Å². The van der Waals surface area contributed by atoms with E-state index in [0.717, 1.165) is 12.8 Å². The highest BCUT2D eigenvalue weighted by atomic mass is 35.5. The van der Waals surface area contributed by atoms with Crippen LogP contribution in [0.3, 0.4) is 0 Å². The largest absolute Gasteiger partial charge is 0.375 e. The lowest BCUT2D eigenvalue weighted by Gasteiger charge is -2.47. The zero-order valence-electron chi connectivity index (χ0n) is 12.1. The molecule has 2 unspecified atom stereocenters. The number of nitrogens with zero attached hydrogens (tertiary/aromatic N) is 2. The zero-order valence-corrected chi connectivity index (χ0v) is 12.8. The van der Waals surface area contributed by atoms with Gasteiger partial charge in [-0.25, -0.2) is 0 Å². The summed E-state index contributed by atoms with van der Waals surface area (Å²) in [7, 11) is 2.20. The van der Waals surface area contributed by atoms with Crippen molar-refractivity contribution in [1.29, 1.82) is 0 Å².